The van der Waals surface area contributed by atoms with E-state index < -0.39 is 5.91 Å². The molecule has 0 saturated carbocycles. The number of carbonyl (C=O) groups excluding carboxylic acids is 1. The summed E-state index contributed by atoms with van der Waals surface area (Å²) in [6.45, 7) is 13.5. The van der Waals surface area contributed by atoms with E-state index in [0.29, 0.717) is 30.8 Å². The number of likely N-dealkylation sites (N-methyl/N-ethyl adjacent to an activating group) is 1. The molecule has 1 unspecified atom stereocenters. The minimum Gasteiger partial charge on any atom is -0.490 e. The Bertz CT molecular complexity index is 1280. The van der Waals surface area contributed by atoms with Crippen LogP contribution < -0.4 is 25.8 Å². The second-order valence-electron chi connectivity index (χ2n) is 10.0. The number of carbonyl (C=O) groups is 1. The van der Waals surface area contributed by atoms with Crippen LogP contribution in [0, 0.1) is 0 Å². The normalized spacial score (nSPS) is 15.8. The van der Waals surface area contributed by atoms with E-state index >= 15 is 0 Å². The van der Waals surface area contributed by atoms with Crippen molar-refractivity contribution in [3.63, 3.8) is 0 Å². The van der Waals surface area contributed by atoms with Crippen molar-refractivity contribution in [1.82, 2.24) is 15.2 Å². The first kappa shape index (κ1) is 28.6. The molecule has 39 heavy (non-hydrogen) atoms. The van der Waals surface area contributed by atoms with E-state index in [-0.39, 0.29) is 6.42 Å². The van der Waals surface area contributed by atoms with Crippen molar-refractivity contribution in [2.24, 2.45) is 5.73 Å². The van der Waals surface area contributed by atoms with Gasteiger partial charge in [-0.05, 0) is 69.5 Å². The largest absolute Gasteiger partial charge is 0.490 e. The van der Waals surface area contributed by atoms with E-state index in [1.165, 1.54) is 30.5 Å². The van der Waals surface area contributed by atoms with Crippen LogP contribution in [0.4, 0.5) is 11.4 Å². The third-order valence-electron chi connectivity index (χ3n) is 7.40. The number of ether oxygens (including phenoxy) is 2. The molecule has 2 aromatic carbocycles. The first-order valence-corrected chi connectivity index (χ1v) is 14.3. The molecule has 4 rings (SSSR count). The Kier molecular flexibility index (Phi) is 10.0. The van der Waals surface area contributed by atoms with Crippen molar-refractivity contribution < 1.29 is 14.3 Å². The van der Waals surface area contributed by atoms with Gasteiger partial charge in [0.2, 0.25) is 5.91 Å². The van der Waals surface area contributed by atoms with E-state index in [0.717, 1.165) is 53.9 Å². The summed E-state index contributed by atoms with van der Waals surface area (Å²) in [6, 6.07) is 10.7. The Morgan fingerprint density at radius 3 is 2.56 bits per heavy atom. The highest BCUT2D eigenvalue weighted by Gasteiger charge is 2.20. The van der Waals surface area contributed by atoms with Crippen molar-refractivity contribution in [3.8, 4) is 11.5 Å². The number of anilines is 2. The molecule has 0 aliphatic carbocycles. The summed E-state index contributed by atoms with van der Waals surface area (Å²) in [5, 5.41) is 8.33. The molecule has 3 aromatic rings. The maximum atomic E-state index is 12.0. The molecule has 8 nitrogen and oxygen atoms in total. The van der Waals surface area contributed by atoms with Gasteiger partial charge in [-0.3, -0.25) is 9.78 Å². The van der Waals surface area contributed by atoms with Gasteiger partial charge in [0.05, 0.1) is 30.8 Å². The zero-order valence-corrected chi connectivity index (χ0v) is 23.8. The lowest BCUT2D eigenvalue weighted by Gasteiger charge is -2.32. The van der Waals surface area contributed by atoms with E-state index in [4.69, 9.17) is 15.2 Å². The number of primary amides is 1. The van der Waals surface area contributed by atoms with Crippen molar-refractivity contribution in [2.75, 3.05) is 38.2 Å². The highest BCUT2D eigenvalue weighted by molar-refractivity contribution is 5.98. The van der Waals surface area contributed by atoms with Gasteiger partial charge in [0.15, 0.2) is 11.5 Å². The fraction of sp³-hybridized carbons (Fsp3) is 0.484. The molecule has 210 valence electrons. The fourth-order valence-corrected chi connectivity index (χ4v) is 5.48. The monoisotopic (exact) mass is 533 g/mol. The van der Waals surface area contributed by atoms with Gasteiger partial charge < -0.3 is 30.7 Å². The number of hydrogen-bond donors (Lipinski definition) is 3. The number of hydrogen-bond acceptors (Lipinski definition) is 7. The van der Waals surface area contributed by atoms with Gasteiger partial charge in [0.25, 0.3) is 0 Å². The van der Waals surface area contributed by atoms with Crippen LogP contribution in [0.5, 0.6) is 11.5 Å². The van der Waals surface area contributed by atoms with Crippen molar-refractivity contribution in [1.29, 1.82) is 0 Å². The van der Waals surface area contributed by atoms with Gasteiger partial charge in [-0.2, -0.15) is 0 Å². The van der Waals surface area contributed by atoms with Gasteiger partial charge in [0.1, 0.15) is 0 Å². The van der Waals surface area contributed by atoms with Crippen LogP contribution in [0.3, 0.4) is 0 Å². The first-order valence-electron chi connectivity index (χ1n) is 14.3. The minimum atomic E-state index is -0.405. The molecule has 1 saturated heterocycles. The van der Waals surface area contributed by atoms with Crippen LogP contribution in [0.1, 0.15) is 57.2 Å². The van der Waals surface area contributed by atoms with Gasteiger partial charge >= 0.3 is 0 Å². The summed E-state index contributed by atoms with van der Waals surface area (Å²) < 4.78 is 11.7. The van der Waals surface area contributed by atoms with Gasteiger partial charge in [-0.1, -0.05) is 26.0 Å². The Labute approximate surface area is 232 Å². The molecule has 4 N–H and O–H groups in total. The predicted octanol–water partition coefficient (Wildman–Crippen LogP) is 4.94. The Hall–Kier alpha value is -3.36. The Morgan fingerprint density at radius 2 is 1.87 bits per heavy atom. The molecule has 0 radical (unpaired) electrons. The molecule has 1 aromatic heterocycles. The van der Waals surface area contributed by atoms with Gasteiger partial charge in [-0.25, -0.2) is 0 Å². The molecule has 2 heterocycles. The fourth-order valence-electron chi connectivity index (χ4n) is 5.48. The molecule has 1 aliphatic heterocycles. The van der Waals surface area contributed by atoms with Crippen LogP contribution in [-0.4, -0.2) is 54.7 Å². The first-order chi connectivity index (χ1) is 19.0. The van der Waals surface area contributed by atoms with Gasteiger partial charge in [-0.15, -0.1) is 0 Å². The predicted molar refractivity (Wildman–Crippen MR) is 158 cm³/mol. The third kappa shape index (κ3) is 6.99. The summed E-state index contributed by atoms with van der Waals surface area (Å²) in [5.74, 6) is 0.896. The number of fused-ring (bicyclic) bond motifs is 1. The van der Waals surface area contributed by atoms with Crippen LogP contribution in [0.2, 0.25) is 0 Å². The average Bonchev–Trinajstić information content (AvgIpc) is 2.94. The number of nitrogens with one attached hydrogen (secondary N) is 2. The van der Waals surface area contributed by atoms with E-state index in [1.807, 2.05) is 26.0 Å². The summed E-state index contributed by atoms with van der Waals surface area (Å²) in [7, 11) is 0. The quantitative estimate of drug-likeness (QED) is 0.286. The lowest BCUT2D eigenvalue weighted by Crippen LogP contribution is -2.45. The van der Waals surface area contributed by atoms with Crippen molar-refractivity contribution >= 4 is 28.2 Å². The van der Waals surface area contributed by atoms with E-state index in [9.17, 15) is 4.79 Å². The topological polar surface area (TPSA) is 102 Å². The van der Waals surface area contributed by atoms with E-state index in [1.54, 1.807) is 6.20 Å². The lowest BCUT2D eigenvalue weighted by molar-refractivity contribution is -0.117. The lowest BCUT2D eigenvalue weighted by atomic mass is 10.00. The van der Waals surface area contributed by atoms with Crippen molar-refractivity contribution in [3.05, 3.63) is 53.2 Å². The number of amides is 1. The SMILES string of the molecule is CCOc1cc2ncc(CC(N)=O)c(Nc3cccc(CNC4CCCN(CC)C4)c3CC)c2cc1OCC. The maximum absolute atomic E-state index is 12.0. The number of benzene rings is 2. The summed E-state index contributed by atoms with van der Waals surface area (Å²) in [6.07, 6.45) is 5.13. The van der Waals surface area contributed by atoms with E-state index in [2.05, 4.69) is 52.6 Å². The van der Waals surface area contributed by atoms with Crippen LogP contribution in [0.15, 0.2) is 36.5 Å². The summed E-state index contributed by atoms with van der Waals surface area (Å²) in [4.78, 5) is 19.1. The molecular weight excluding hydrogens is 490 g/mol. The third-order valence-corrected chi connectivity index (χ3v) is 7.40. The van der Waals surface area contributed by atoms with Crippen LogP contribution in [0.25, 0.3) is 10.9 Å². The molecule has 8 heteroatoms. The number of pyridine rings is 1. The molecule has 1 amide bonds. The highest BCUT2D eigenvalue weighted by atomic mass is 16.5. The number of rotatable bonds is 13. The molecule has 0 bridgehead atoms. The number of nitrogens with zero attached hydrogens (tertiary/aromatic N) is 2. The van der Waals surface area contributed by atoms with Crippen molar-refractivity contribution in [2.45, 2.75) is 66.0 Å². The summed E-state index contributed by atoms with van der Waals surface area (Å²) >= 11 is 0. The Morgan fingerprint density at radius 1 is 1.10 bits per heavy atom. The number of piperidine rings is 1. The van der Waals surface area contributed by atoms with Crippen LogP contribution in [-0.2, 0) is 24.2 Å². The summed E-state index contributed by atoms with van der Waals surface area (Å²) in [5.41, 5.74) is 11.5. The number of aromatic nitrogens is 1. The highest BCUT2D eigenvalue weighted by Crippen LogP contribution is 2.38. The average molecular weight is 534 g/mol. The number of likely N-dealkylation sites (tertiary alicyclic amines) is 1. The molecule has 1 aliphatic rings. The molecule has 1 atom stereocenters. The smallest absolute Gasteiger partial charge is 0.221 e. The second kappa shape index (κ2) is 13.6. The molecule has 0 spiro atoms. The number of nitrogens with two attached hydrogens (primary N) is 1. The molecule has 1 fully saturated rings. The zero-order valence-electron chi connectivity index (χ0n) is 23.8. The standard InChI is InChI=1S/C31H43N5O3/c1-5-24-21(18-33-23-12-10-14-36(6-2)20-23)11-9-13-26(24)35-31-22(15-30(32)37)19-34-27-17-29(39-8-4)28(38-7-3)16-25(27)31/h9,11,13,16-17,19,23,33H,5-8,10,12,14-15,18,20H2,1-4H3,(H2,32,37)(H,34,35). The molecular formula is C31H43N5O3. The zero-order chi connectivity index (χ0) is 27.8. The Balaban J connectivity index is 1.70. The second-order valence-corrected chi connectivity index (χ2v) is 10.0. The van der Waals surface area contributed by atoms with Crippen LogP contribution >= 0.6 is 0 Å². The minimum absolute atomic E-state index is 0.0841. The van der Waals surface area contributed by atoms with Gasteiger partial charge in [0, 0.05) is 48.0 Å². The maximum Gasteiger partial charge on any atom is 0.221 e.